The molecule has 0 spiro atoms. The summed E-state index contributed by atoms with van der Waals surface area (Å²) in [6.07, 6.45) is 1.77. The molecule has 0 aliphatic rings. The maximum absolute atomic E-state index is 5.49. The summed E-state index contributed by atoms with van der Waals surface area (Å²) < 4.78 is 5.49. The number of hydrogen-bond acceptors (Lipinski definition) is 2. The van der Waals surface area contributed by atoms with Crippen LogP contribution in [0.5, 0.6) is 0 Å². The molecule has 0 saturated carbocycles. The lowest BCUT2D eigenvalue weighted by Gasteiger charge is -2.23. The molecule has 2 aromatic rings. The predicted octanol–water partition coefficient (Wildman–Crippen LogP) is 5.14. The molecule has 1 heterocycles. The van der Waals surface area contributed by atoms with E-state index in [2.05, 4.69) is 57.3 Å². The Morgan fingerprint density at radius 3 is 2.10 bits per heavy atom. The lowest BCUT2D eigenvalue weighted by Crippen LogP contribution is -2.20. The molecular weight excluding hydrogens is 258 g/mol. The highest BCUT2D eigenvalue weighted by Gasteiger charge is 2.21. The molecule has 2 rings (SSSR count). The first-order valence-electron chi connectivity index (χ1n) is 7.80. The fourth-order valence-electron chi connectivity index (χ4n) is 2.89. The number of benzene rings is 1. The lowest BCUT2D eigenvalue weighted by molar-refractivity contribution is 0.522. The van der Waals surface area contributed by atoms with Crippen LogP contribution in [0, 0.1) is 6.92 Å². The van der Waals surface area contributed by atoms with Crippen LogP contribution in [-0.2, 0) is 0 Å². The van der Waals surface area contributed by atoms with E-state index in [1.165, 1.54) is 22.3 Å². The summed E-state index contributed by atoms with van der Waals surface area (Å²) in [5, 5.41) is 3.45. The van der Waals surface area contributed by atoms with E-state index in [0.717, 1.165) is 5.76 Å². The molecule has 0 saturated heterocycles. The van der Waals surface area contributed by atoms with Gasteiger partial charge in [-0.15, -0.1) is 0 Å². The lowest BCUT2D eigenvalue weighted by atomic mass is 9.86. The van der Waals surface area contributed by atoms with Crippen molar-refractivity contribution in [2.24, 2.45) is 0 Å². The quantitative estimate of drug-likeness (QED) is 0.822. The first kappa shape index (κ1) is 15.8. The van der Waals surface area contributed by atoms with Crippen LogP contribution < -0.4 is 5.32 Å². The summed E-state index contributed by atoms with van der Waals surface area (Å²) in [4.78, 5) is 0. The molecule has 0 bridgehead atoms. The predicted molar refractivity (Wildman–Crippen MR) is 89.0 cm³/mol. The zero-order valence-electron chi connectivity index (χ0n) is 14.0. The van der Waals surface area contributed by atoms with Gasteiger partial charge in [0, 0.05) is 5.56 Å². The highest BCUT2D eigenvalue weighted by atomic mass is 16.3. The van der Waals surface area contributed by atoms with Crippen molar-refractivity contribution < 1.29 is 4.42 Å². The van der Waals surface area contributed by atoms with E-state index in [0.29, 0.717) is 11.8 Å². The molecule has 1 atom stereocenters. The molecule has 0 aliphatic heterocycles. The second-order valence-electron chi connectivity index (χ2n) is 6.35. The molecule has 1 unspecified atom stereocenters. The summed E-state index contributed by atoms with van der Waals surface area (Å²) in [6, 6.07) is 9.15. The summed E-state index contributed by atoms with van der Waals surface area (Å²) in [6.45, 7) is 11.0. The zero-order chi connectivity index (χ0) is 15.6. The van der Waals surface area contributed by atoms with E-state index in [1.54, 1.807) is 6.26 Å². The SMILES string of the molecule is CNC(c1ccc(C(C)C)cc1C(C)C)c1ccoc1C. The number of rotatable bonds is 5. The van der Waals surface area contributed by atoms with Crippen molar-refractivity contribution in [2.75, 3.05) is 7.05 Å². The van der Waals surface area contributed by atoms with E-state index in [4.69, 9.17) is 4.42 Å². The first-order valence-corrected chi connectivity index (χ1v) is 7.80. The minimum Gasteiger partial charge on any atom is -0.469 e. The standard InChI is InChI=1S/C19H27NO/c1-12(2)15-7-8-17(18(11-15)13(3)4)19(20-6)16-9-10-21-14(16)5/h7-13,19-20H,1-6H3. The van der Waals surface area contributed by atoms with Crippen molar-refractivity contribution in [3.63, 3.8) is 0 Å². The van der Waals surface area contributed by atoms with Gasteiger partial charge < -0.3 is 9.73 Å². The molecular formula is C19H27NO. The smallest absolute Gasteiger partial charge is 0.105 e. The molecule has 21 heavy (non-hydrogen) atoms. The van der Waals surface area contributed by atoms with Crippen LogP contribution in [0.1, 0.15) is 73.6 Å². The summed E-state index contributed by atoms with van der Waals surface area (Å²) in [5.74, 6) is 2.04. The number of aryl methyl sites for hydroxylation is 1. The topological polar surface area (TPSA) is 25.2 Å². The van der Waals surface area contributed by atoms with Crippen LogP contribution in [0.3, 0.4) is 0 Å². The van der Waals surface area contributed by atoms with Crippen molar-refractivity contribution in [1.29, 1.82) is 0 Å². The van der Waals surface area contributed by atoms with E-state index in [9.17, 15) is 0 Å². The summed E-state index contributed by atoms with van der Waals surface area (Å²) >= 11 is 0. The van der Waals surface area contributed by atoms with Gasteiger partial charge in [0.25, 0.3) is 0 Å². The van der Waals surface area contributed by atoms with Gasteiger partial charge in [-0.3, -0.25) is 0 Å². The maximum atomic E-state index is 5.49. The van der Waals surface area contributed by atoms with Gasteiger partial charge in [-0.05, 0) is 48.6 Å². The highest BCUT2D eigenvalue weighted by Crippen LogP contribution is 2.33. The Kier molecular flexibility index (Phi) is 4.89. The molecule has 2 nitrogen and oxygen atoms in total. The number of hydrogen-bond donors (Lipinski definition) is 1. The van der Waals surface area contributed by atoms with E-state index in [-0.39, 0.29) is 6.04 Å². The Hall–Kier alpha value is -1.54. The van der Waals surface area contributed by atoms with Gasteiger partial charge in [-0.25, -0.2) is 0 Å². The van der Waals surface area contributed by atoms with Crippen molar-refractivity contribution in [3.8, 4) is 0 Å². The molecule has 1 N–H and O–H groups in total. The van der Waals surface area contributed by atoms with Gasteiger partial charge >= 0.3 is 0 Å². The maximum Gasteiger partial charge on any atom is 0.105 e. The molecule has 2 heteroatoms. The highest BCUT2D eigenvalue weighted by molar-refractivity contribution is 5.42. The van der Waals surface area contributed by atoms with E-state index >= 15 is 0 Å². The van der Waals surface area contributed by atoms with Crippen LogP contribution in [-0.4, -0.2) is 7.05 Å². The van der Waals surface area contributed by atoms with E-state index in [1.807, 2.05) is 14.0 Å². The summed E-state index contributed by atoms with van der Waals surface area (Å²) in [5.41, 5.74) is 5.39. The third kappa shape index (κ3) is 3.21. The monoisotopic (exact) mass is 285 g/mol. The van der Waals surface area contributed by atoms with Gasteiger partial charge in [-0.1, -0.05) is 45.9 Å². The fraction of sp³-hybridized carbons (Fsp3) is 0.474. The first-order chi connectivity index (χ1) is 9.95. The molecule has 1 aromatic carbocycles. The van der Waals surface area contributed by atoms with Crippen molar-refractivity contribution in [3.05, 3.63) is 58.5 Å². The Morgan fingerprint density at radius 1 is 0.905 bits per heavy atom. The summed E-state index contributed by atoms with van der Waals surface area (Å²) in [7, 11) is 2.01. The van der Waals surface area contributed by atoms with Crippen molar-refractivity contribution in [2.45, 2.75) is 52.5 Å². The van der Waals surface area contributed by atoms with Gasteiger partial charge in [0.15, 0.2) is 0 Å². The Bertz CT molecular complexity index is 595. The Morgan fingerprint density at radius 2 is 1.62 bits per heavy atom. The van der Waals surface area contributed by atoms with Crippen LogP contribution >= 0.6 is 0 Å². The minimum absolute atomic E-state index is 0.183. The largest absolute Gasteiger partial charge is 0.469 e. The normalized spacial score (nSPS) is 13.1. The third-order valence-corrected chi connectivity index (χ3v) is 4.21. The van der Waals surface area contributed by atoms with Crippen LogP contribution in [0.2, 0.25) is 0 Å². The molecule has 0 fully saturated rings. The van der Waals surface area contributed by atoms with Gasteiger partial charge in [0.1, 0.15) is 5.76 Å². The van der Waals surface area contributed by atoms with Gasteiger partial charge in [0.2, 0.25) is 0 Å². The number of nitrogens with one attached hydrogen (secondary N) is 1. The average Bonchev–Trinajstić information content (AvgIpc) is 2.86. The molecule has 0 radical (unpaired) electrons. The third-order valence-electron chi connectivity index (χ3n) is 4.21. The number of furan rings is 1. The van der Waals surface area contributed by atoms with Crippen LogP contribution in [0.25, 0.3) is 0 Å². The minimum atomic E-state index is 0.183. The fourth-order valence-corrected chi connectivity index (χ4v) is 2.89. The average molecular weight is 285 g/mol. The van der Waals surface area contributed by atoms with Crippen LogP contribution in [0.4, 0.5) is 0 Å². The second-order valence-corrected chi connectivity index (χ2v) is 6.35. The Labute approximate surface area is 128 Å². The van der Waals surface area contributed by atoms with Crippen molar-refractivity contribution in [1.82, 2.24) is 5.32 Å². The van der Waals surface area contributed by atoms with Gasteiger partial charge in [0.05, 0.1) is 12.3 Å². The molecule has 1 aromatic heterocycles. The Balaban J connectivity index is 2.53. The van der Waals surface area contributed by atoms with Gasteiger partial charge in [-0.2, -0.15) is 0 Å². The second kappa shape index (κ2) is 6.48. The molecule has 114 valence electrons. The zero-order valence-corrected chi connectivity index (χ0v) is 14.0. The van der Waals surface area contributed by atoms with Crippen molar-refractivity contribution >= 4 is 0 Å². The molecule has 0 aliphatic carbocycles. The van der Waals surface area contributed by atoms with Crippen LogP contribution in [0.15, 0.2) is 34.9 Å². The molecule has 0 amide bonds. The van der Waals surface area contributed by atoms with E-state index < -0.39 is 0 Å².